The molecule has 0 aromatic heterocycles. The Labute approximate surface area is 246 Å². The van der Waals surface area contributed by atoms with Crippen LogP contribution < -0.4 is 0 Å². The van der Waals surface area contributed by atoms with Crippen molar-refractivity contribution in [1.29, 1.82) is 0 Å². The third kappa shape index (κ3) is 5.94. The minimum absolute atomic E-state index is 0.0292. The number of benzene rings is 2. The molecule has 0 fully saturated rings. The monoisotopic (exact) mass is 556 g/mol. The lowest BCUT2D eigenvalue weighted by Gasteiger charge is -2.51. The largest absolute Gasteiger partial charge is 0.481 e. The van der Waals surface area contributed by atoms with E-state index in [1.54, 1.807) is 0 Å². The van der Waals surface area contributed by atoms with Gasteiger partial charge in [0, 0.05) is 6.42 Å². The average molecular weight is 557 g/mol. The second-order valence-electron chi connectivity index (χ2n) is 13.4. The van der Waals surface area contributed by atoms with Gasteiger partial charge in [0.15, 0.2) is 0 Å². The molecule has 2 aliphatic carbocycles. The third-order valence-electron chi connectivity index (χ3n) is 10.5. The van der Waals surface area contributed by atoms with E-state index in [1.807, 2.05) is 43.3 Å². The summed E-state index contributed by atoms with van der Waals surface area (Å²) in [5.74, 6) is -1.02. The lowest BCUT2D eigenvalue weighted by atomic mass is 9.51. The van der Waals surface area contributed by atoms with Gasteiger partial charge in [0.25, 0.3) is 0 Å². The predicted octanol–water partition coefficient (Wildman–Crippen LogP) is 8.78. The number of allylic oxidation sites excluding steroid dienone is 3. The summed E-state index contributed by atoms with van der Waals surface area (Å²) in [7, 11) is 0. The van der Waals surface area contributed by atoms with E-state index in [0.717, 1.165) is 36.0 Å². The van der Waals surface area contributed by atoms with E-state index >= 15 is 0 Å². The quantitative estimate of drug-likeness (QED) is 0.235. The van der Waals surface area contributed by atoms with E-state index in [1.165, 1.54) is 5.57 Å². The first-order chi connectivity index (χ1) is 19.4. The summed E-state index contributed by atoms with van der Waals surface area (Å²) in [6, 6.07) is 20.3. The second kappa shape index (κ2) is 12.4. The minimum Gasteiger partial charge on any atom is -0.481 e. The molecule has 1 N–H and O–H groups in total. The number of carboxylic acid groups (broad SMARTS) is 1. The zero-order valence-corrected chi connectivity index (χ0v) is 25.8. The van der Waals surface area contributed by atoms with Crippen LogP contribution in [0, 0.1) is 28.1 Å². The van der Waals surface area contributed by atoms with Crippen LogP contribution in [0.4, 0.5) is 0 Å². The lowest BCUT2D eigenvalue weighted by Crippen LogP contribution is -2.50. The summed E-state index contributed by atoms with van der Waals surface area (Å²) in [5.41, 5.74) is 2.26. The number of aliphatic carboxylic acids is 1. The lowest BCUT2D eigenvalue weighted by molar-refractivity contribution is -0.165. The van der Waals surface area contributed by atoms with Crippen molar-refractivity contribution in [1.82, 2.24) is 0 Å². The Hall–Kier alpha value is -3.14. The molecule has 0 radical (unpaired) electrons. The maximum Gasteiger partial charge on any atom is 0.314 e. The number of esters is 1. The Morgan fingerprint density at radius 2 is 1.61 bits per heavy atom. The van der Waals surface area contributed by atoms with E-state index in [4.69, 9.17) is 4.74 Å². The first-order valence-corrected chi connectivity index (χ1v) is 15.3. The highest BCUT2D eigenvalue weighted by molar-refractivity contribution is 5.81. The zero-order valence-electron chi connectivity index (χ0n) is 25.8. The SMILES string of the molecule is CC1=CC(C)C(CC(CC2(C(=O)O)C(C)=CCCC2(C)C)c2ccccc2)(C(=O)OCCc2ccccc2)C(C)C1. The molecule has 0 bridgehead atoms. The molecule has 0 amide bonds. The van der Waals surface area contributed by atoms with Crippen molar-refractivity contribution in [3.8, 4) is 0 Å². The minimum atomic E-state index is -1.02. The van der Waals surface area contributed by atoms with Crippen LogP contribution in [0.15, 0.2) is 84.0 Å². The van der Waals surface area contributed by atoms with Gasteiger partial charge < -0.3 is 9.84 Å². The third-order valence-corrected chi connectivity index (χ3v) is 10.5. The molecule has 2 aromatic rings. The van der Waals surface area contributed by atoms with E-state index in [-0.39, 0.29) is 23.7 Å². The number of rotatable bonds is 10. The highest BCUT2D eigenvalue weighted by atomic mass is 16.5. The first-order valence-electron chi connectivity index (χ1n) is 15.3. The van der Waals surface area contributed by atoms with Gasteiger partial charge in [-0.2, -0.15) is 0 Å². The van der Waals surface area contributed by atoms with E-state index in [2.05, 4.69) is 71.0 Å². The normalized spacial score (nSPS) is 28.2. The van der Waals surface area contributed by atoms with Gasteiger partial charge in [-0.05, 0) is 80.2 Å². The van der Waals surface area contributed by atoms with Crippen LogP contribution >= 0.6 is 0 Å². The van der Waals surface area contributed by atoms with Crippen LogP contribution in [-0.2, 0) is 20.7 Å². The number of carbonyl (C=O) groups is 2. The Morgan fingerprint density at radius 1 is 0.976 bits per heavy atom. The van der Waals surface area contributed by atoms with Gasteiger partial charge in [-0.3, -0.25) is 9.59 Å². The Morgan fingerprint density at radius 3 is 2.20 bits per heavy atom. The van der Waals surface area contributed by atoms with Gasteiger partial charge in [-0.15, -0.1) is 0 Å². The van der Waals surface area contributed by atoms with Gasteiger partial charge in [-0.1, -0.05) is 112 Å². The van der Waals surface area contributed by atoms with Crippen LogP contribution in [-0.4, -0.2) is 23.7 Å². The molecule has 0 saturated heterocycles. The summed E-state index contributed by atoms with van der Waals surface area (Å²) in [4.78, 5) is 27.6. The molecule has 0 spiro atoms. The fraction of sp³-hybridized carbons (Fsp3) is 0.514. The smallest absolute Gasteiger partial charge is 0.314 e. The van der Waals surface area contributed by atoms with Gasteiger partial charge in [0.05, 0.1) is 17.4 Å². The van der Waals surface area contributed by atoms with Crippen LogP contribution in [0.3, 0.4) is 0 Å². The molecular formula is C37H48O4. The number of carbonyl (C=O) groups excluding carboxylic acids is 1. The topological polar surface area (TPSA) is 63.6 Å². The van der Waals surface area contributed by atoms with Gasteiger partial charge in [-0.25, -0.2) is 0 Å². The molecule has 0 saturated carbocycles. The highest BCUT2D eigenvalue weighted by Crippen LogP contribution is 2.59. The molecule has 2 aliphatic rings. The van der Waals surface area contributed by atoms with Crippen molar-refractivity contribution in [2.45, 2.75) is 86.0 Å². The van der Waals surface area contributed by atoms with Crippen LogP contribution in [0.5, 0.6) is 0 Å². The number of carboxylic acids is 1. The number of hydrogen-bond acceptors (Lipinski definition) is 3. The fourth-order valence-corrected chi connectivity index (χ4v) is 8.02. The molecule has 2 aromatic carbocycles. The van der Waals surface area contributed by atoms with Crippen molar-refractivity contribution in [3.05, 3.63) is 95.1 Å². The summed E-state index contributed by atoms with van der Waals surface area (Å²) >= 11 is 0. The summed E-state index contributed by atoms with van der Waals surface area (Å²) < 4.78 is 6.13. The molecule has 0 heterocycles. The fourth-order valence-electron chi connectivity index (χ4n) is 8.02. The van der Waals surface area contributed by atoms with Crippen molar-refractivity contribution in [2.24, 2.45) is 28.1 Å². The van der Waals surface area contributed by atoms with Gasteiger partial charge in [0.1, 0.15) is 0 Å². The van der Waals surface area contributed by atoms with Crippen molar-refractivity contribution >= 4 is 11.9 Å². The standard InChI is InChI=1S/C37H48O4/c1-26-22-28(3)36(29(4)23-26,34(40)41-21-19-30-15-9-7-10-16-30)24-32(31-17-11-8-12-18-31)25-37(33(38)39)27(2)14-13-20-35(37,5)6/h7-12,14-18,22,28-29,32H,13,19-21,23-25H2,1-6H3,(H,38,39). The molecule has 4 heteroatoms. The van der Waals surface area contributed by atoms with E-state index in [0.29, 0.717) is 25.9 Å². The molecule has 5 unspecified atom stereocenters. The first kappa shape index (κ1) is 30.8. The molecule has 4 rings (SSSR count). The molecule has 0 aliphatic heterocycles. The van der Waals surface area contributed by atoms with Gasteiger partial charge in [0.2, 0.25) is 0 Å². The Bertz CT molecular complexity index is 1270. The van der Waals surface area contributed by atoms with E-state index in [9.17, 15) is 14.7 Å². The molecular weight excluding hydrogens is 508 g/mol. The van der Waals surface area contributed by atoms with Crippen LogP contribution in [0.2, 0.25) is 0 Å². The molecule has 220 valence electrons. The second-order valence-corrected chi connectivity index (χ2v) is 13.4. The van der Waals surface area contributed by atoms with E-state index < -0.39 is 22.2 Å². The highest BCUT2D eigenvalue weighted by Gasteiger charge is 2.57. The number of ether oxygens (including phenoxy) is 1. The molecule has 5 atom stereocenters. The van der Waals surface area contributed by atoms with Crippen molar-refractivity contribution in [2.75, 3.05) is 6.61 Å². The maximum atomic E-state index is 14.3. The average Bonchev–Trinajstić information content (AvgIpc) is 2.92. The summed E-state index contributed by atoms with van der Waals surface area (Å²) in [6.45, 7) is 13.0. The van der Waals surface area contributed by atoms with Crippen LogP contribution in [0.1, 0.15) is 90.7 Å². The Kier molecular flexibility index (Phi) is 9.31. The molecule has 4 nitrogen and oxygen atoms in total. The number of hydrogen-bond donors (Lipinski definition) is 1. The van der Waals surface area contributed by atoms with Crippen molar-refractivity contribution in [3.63, 3.8) is 0 Å². The maximum absolute atomic E-state index is 14.3. The van der Waals surface area contributed by atoms with Crippen LogP contribution in [0.25, 0.3) is 0 Å². The van der Waals surface area contributed by atoms with Crippen molar-refractivity contribution < 1.29 is 19.4 Å². The predicted molar refractivity (Wildman–Crippen MR) is 165 cm³/mol. The molecule has 41 heavy (non-hydrogen) atoms. The van der Waals surface area contributed by atoms with Gasteiger partial charge >= 0.3 is 11.9 Å². The summed E-state index contributed by atoms with van der Waals surface area (Å²) in [5, 5.41) is 10.9. The summed E-state index contributed by atoms with van der Waals surface area (Å²) in [6.07, 6.45) is 8.56. The Balaban J connectivity index is 1.75. The zero-order chi connectivity index (χ0) is 29.8.